The fourth-order valence-electron chi connectivity index (χ4n) is 2.99. The molecule has 0 spiro atoms. The van der Waals surface area contributed by atoms with E-state index < -0.39 is 16.0 Å². The zero-order valence-electron chi connectivity index (χ0n) is 16.6. The van der Waals surface area contributed by atoms with Gasteiger partial charge in [-0.2, -0.15) is 0 Å². The summed E-state index contributed by atoms with van der Waals surface area (Å²) in [5, 5.41) is 0. The highest BCUT2D eigenvalue weighted by molar-refractivity contribution is 7.89. The van der Waals surface area contributed by atoms with Crippen LogP contribution in [0, 0.1) is 0 Å². The van der Waals surface area contributed by atoms with Crippen molar-refractivity contribution >= 4 is 21.9 Å². The van der Waals surface area contributed by atoms with Gasteiger partial charge in [0.25, 0.3) is 5.91 Å². The first kappa shape index (κ1) is 22.4. The molecule has 1 amide bonds. The number of hydrogen-bond acceptors (Lipinski definition) is 5. The highest BCUT2D eigenvalue weighted by atomic mass is 32.2. The summed E-state index contributed by atoms with van der Waals surface area (Å²) in [7, 11) is -3.62. The van der Waals surface area contributed by atoms with Crippen LogP contribution in [0.4, 0.5) is 0 Å². The highest BCUT2D eigenvalue weighted by Crippen LogP contribution is 2.13. The Hall–Kier alpha value is -1.93. The Labute approximate surface area is 167 Å². The van der Waals surface area contributed by atoms with Crippen molar-refractivity contribution < 1.29 is 22.7 Å². The van der Waals surface area contributed by atoms with E-state index in [0.717, 1.165) is 25.7 Å². The summed E-state index contributed by atoms with van der Waals surface area (Å²) in [4.78, 5) is 26.3. The average molecular weight is 411 g/mol. The van der Waals surface area contributed by atoms with E-state index in [1.165, 1.54) is 30.7 Å². The van der Waals surface area contributed by atoms with Gasteiger partial charge in [0, 0.05) is 19.1 Å². The summed E-state index contributed by atoms with van der Waals surface area (Å²) < 4.78 is 32.2. The van der Waals surface area contributed by atoms with Gasteiger partial charge in [-0.1, -0.05) is 26.2 Å². The lowest BCUT2D eigenvalue weighted by molar-refractivity contribution is -0.134. The van der Waals surface area contributed by atoms with Crippen molar-refractivity contribution in [2.45, 2.75) is 63.3 Å². The number of rotatable bonds is 7. The predicted molar refractivity (Wildman–Crippen MR) is 106 cm³/mol. The van der Waals surface area contributed by atoms with Crippen LogP contribution in [0.25, 0.3) is 0 Å². The molecule has 1 N–H and O–H groups in total. The number of esters is 1. The van der Waals surface area contributed by atoms with Gasteiger partial charge in [-0.25, -0.2) is 17.9 Å². The van der Waals surface area contributed by atoms with Crippen molar-refractivity contribution in [2.24, 2.45) is 0 Å². The average Bonchev–Trinajstić information content (AvgIpc) is 2.65. The first-order chi connectivity index (χ1) is 13.3. The van der Waals surface area contributed by atoms with Gasteiger partial charge in [-0.05, 0) is 50.5 Å². The SMILES string of the molecule is CC[C@@H](C)NS(=O)(=O)c1ccc(C(=O)OCC(=O)N2CCCCCCC2)cc1. The molecule has 7 nitrogen and oxygen atoms in total. The van der Waals surface area contributed by atoms with Crippen LogP contribution in [0.2, 0.25) is 0 Å². The van der Waals surface area contributed by atoms with Gasteiger partial charge in [0.2, 0.25) is 10.0 Å². The van der Waals surface area contributed by atoms with E-state index in [9.17, 15) is 18.0 Å². The van der Waals surface area contributed by atoms with Crippen molar-refractivity contribution in [1.82, 2.24) is 9.62 Å². The molecule has 1 aromatic carbocycles. The molecule has 1 aliphatic rings. The van der Waals surface area contributed by atoms with Crippen LogP contribution in [-0.2, 0) is 19.6 Å². The largest absolute Gasteiger partial charge is 0.452 e. The molecule has 0 bridgehead atoms. The fraction of sp³-hybridized carbons (Fsp3) is 0.600. The molecule has 1 aromatic rings. The van der Waals surface area contributed by atoms with Gasteiger partial charge < -0.3 is 9.64 Å². The van der Waals surface area contributed by atoms with E-state index >= 15 is 0 Å². The van der Waals surface area contributed by atoms with E-state index in [4.69, 9.17) is 4.74 Å². The second kappa shape index (κ2) is 10.6. The zero-order valence-corrected chi connectivity index (χ0v) is 17.5. The number of hydrogen-bond donors (Lipinski definition) is 1. The Morgan fingerprint density at radius 2 is 1.64 bits per heavy atom. The maximum absolute atomic E-state index is 12.3. The molecule has 1 aliphatic heterocycles. The fourth-order valence-corrected chi connectivity index (χ4v) is 4.31. The molecule has 0 saturated carbocycles. The summed E-state index contributed by atoms with van der Waals surface area (Å²) in [5.41, 5.74) is 0.211. The van der Waals surface area contributed by atoms with Crippen LogP contribution >= 0.6 is 0 Å². The van der Waals surface area contributed by atoms with Crippen LogP contribution in [0.1, 0.15) is 62.7 Å². The minimum atomic E-state index is -3.62. The molecule has 0 radical (unpaired) electrons. The first-order valence-electron chi connectivity index (χ1n) is 9.90. The lowest BCUT2D eigenvalue weighted by atomic mass is 10.1. The van der Waals surface area contributed by atoms with Crippen LogP contribution in [0.3, 0.4) is 0 Å². The minimum Gasteiger partial charge on any atom is -0.452 e. The van der Waals surface area contributed by atoms with Crippen molar-refractivity contribution in [3.8, 4) is 0 Å². The number of benzene rings is 1. The van der Waals surface area contributed by atoms with Gasteiger partial charge in [0.1, 0.15) is 0 Å². The zero-order chi connectivity index (χ0) is 20.6. The van der Waals surface area contributed by atoms with Crippen LogP contribution < -0.4 is 4.72 Å². The molecule has 8 heteroatoms. The standard InChI is InChI=1S/C20H30N2O5S/c1-3-16(2)21-28(25,26)18-11-9-17(10-12-18)20(24)27-15-19(23)22-13-7-5-4-6-8-14-22/h9-12,16,21H,3-8,13-15H2,1-2H3/t16-/m1/s1. The molecule has 1 fully saturated rings. The number of likely N-dealkylation sites (tertiary alicyclic amines) is 1. The molecular formula is C20H30N2O5S. The van der Waals surface area contributed by atoms with Gasteiger partial charge in [-0.3, -0.25) is 4.79 Å². The summed E-state index contributed by atoms with van der Waals surface area (Å²) in [6.45, 7) is 4.78. The monoisotopic (exact) mass is 410 g/mol. The minimum absolute atomic E-state index is 0.0843. The smallest absolute Gasteiger partial charge is 0.338 e. The lowest BCUT2D eigenvalue weighted by Gasteiger charge is -2.24. The van der Waals surface area contributed by atoms with Gasteiger partial charge in [0.05, 0.1) is 10.5 Å². The summed E-state index contributed by atoms with van der Waals surface area (Å²) in [6.07, 6.45) is 6.06. The molecule has 28 heavy (non-hydrogen) atoms. The summed E-state index contributed by atoms with van der Waals surface area (Å²) >= 11 is 0. The Morgan fingerprint density at radius 1 is 1.07 bits per heavy atom. The molecular weight excluding hydrogens is 380 g/mol. The number of nitrogens with zero attached hydrogens (tertiary/aromatic N) is 1. The molecule has 2 rings (SSSR count). The normalized spacial score (nSPS) is 16.7. The Morgan fingerprint density at radius 3 is 2.21 bits per heavy atom. The van der Waals surface area contributed by atoms with E-state index in [1.54, 1.807) is 11.8 Å². The van der Waals surface area contributed by atoms with E-state index in [0.29, 0.717) is 19.5 Å². The third kappa shape index (κ3) is 6.60. The van der Waals surface area contributed by atoms with Gasteiger partial charge in [0.15, 0.2) is 6.61 Å². The van der Waals surface area contributed by atoms with Gasteiger partial charge >= 0.3 is 5.97 Å². The highest BCUT2D eigenvalue weighted by Gasteiger charge is 2.19. The van der Waals surface area contributed by atoms with Crippen LogP contribution in [0.5, 0.6) is 0 Å². The predicted octanol–water partition coefficient (Wildman–Crippen LogP) is 2.71. The molecule has 0 aromatic heterocycles. The lowest BCUT2D eigenvalue weighted by Crippen LogP contribution is -2.36. The van der Waals surface area contributed by atoms with Crippen molar-refractivity contribution in [1.29, 1.82) is 0 Å². The molecule has 156 valence electrons. The number of ether oxygens (including phenoxy) is 1. The third-order valence-electron chi connectivity index (χ3n) is 4.90. The number of carbonyl (C=O) groups is 2. The summed E-state index contributed by atoms with van der Waals surface area (Å²) in [5.74, 6) is -0.827. The second-order valence-electron chi connectivity index (χ2n) is 7.18. The second-order valence-corrected chi connectivity index (χ2v) is 8.89. The molecule has 0 aliphatic carbocycles. The van der Waals surface area contributed by atoms with Crippen LogP contribution in [0.15, 0.2) is 29.2 Å². The third-order valence-corrected chi connectivity index (χ3v) is 6.51. The maximum Gasteiger partial charge on any atom is 0.338 e. The number of amides is 1. The first-order valence-corrected chi connectivity index (χ1v) is 11.4. The number of nitrogens with one attached hydrogen (secondary N) is 1. The molecule has 1 saturated heterocycles. The van der Waals surface area contributed by atoms with Gasteiger partial charge in [-0.15, -0.1) is 0 Å². The van der Waals surface area contributed by atoms with Crippen molar-refractivity contribution in [2.75, 3.05) is 19.7 Å². The Balaban J connectivity index is 1.91. The number of sulfonamides is 1. The van der Waals surface area contributed by atoms with E-state index in [1.807, 2.05) is 6.92 Å². The Bertz CT molecular complexity index is 753. The molecule has 1 atom stereocenters. The quantitative estimate of drug-likeness (QED) is 0.698. The molecule has 0 unspecified atom stereocenters. The van der Waals surface area contributed by atoms with E-state index in [-0.39, 0.29) is 29.0 Å². The van der Waals surface area contributed by atoms with E-state index in [2.05, 4.69) is 4.72 Å². The topological polar surface area (TPSA) is 92.8 Å². The molecule has 1 heterocycles. The summed E-state index contributed by atoms with van der Waals surface area (Å²) in [6, 6.07) is 5.34. The van der Waals surface area contributed by atoms with Crippen LogP contribution in [-0.4, -0.2) is 50.9 Å². The maximum atomic E-state index is 12.3. The number of carbonyl (C=O) groups excluding carboxylic acids is 2. The Kier molecular flexibility index (Phi) is 8.44. The van der Waals surface area contributed by atoms with Crippen molar-refractivity contribution in [3.63, 3.8) is 0 Å². The van der Waals surface area contributed by atoms with Crippen molar-refractivity contribution in [3.05, 3.63) is 29.8 Å².